The summed E-state index contributed by atoms with van der Waals surface area (Å²) in [6.45, 7) is 8.19. The highest BCUT2D eigenvalue weighted by Gasteiger charge is 2.19. The summed E-state index contributed by atoms with van der Waals surface area (Å²) in [6.07, 6.45) is 6.31. The number of unbranched alkanes of at least 4 members (excludes halogenated alkanes) is 1. The molecule has 1 saturated heterocycles. The molecule has 0 saturated carbocycles. The first-order chi connectivity index (χ1) is 13.3. The van der Waals surface area contributed by atoms with Crippen LogP contribution in [0.5, 0.6) is 5.75 Å². The van der Waals surface area contributed by atoms with Crippen molar-refractivity contribution in [3.05, 3.63) is 36.7 Å². The normalized spacial score (nSPS) is 18.6. The standard InChI is InChI=1S/C20H33N5O2/c1-27-20-7-3-2-6-19(20)24-14-12-22(13-15-24)9-4-5-10-25-18-23(16-17-26)11-8-21-25/h2-3,6-8,11,21,26H,4-5,9-10,12-18H2,1H3. The molecule has 7 nitrogen and oxygen atoms in total. The molecule has 0 aromatic heterocycles. The van der Waals surface area contributed by atoms with Gasteiger partial charge < -0.3 is 25.1 Å². The molecule has 1 aromatic rings. The van der Waals surface area contributed by atoms with Gasteiger partial charge in [0.15, 0.2) is 0 Å². The van der Waals surface area contributed by atoms with Crippen molar-refractivity contribution >= 4 is 5.69 Å². The van der Waals surface area contributed by atoms with Crippen molar-refractivity contribution in [2.45, 2.75) is 12.8 Å². The lowest BCUT2D eigenvalue weighted by Crippen LogP contribution is -2.47. The van der Waals surface area contributed by atoms with Crippen LogP contribution in [-0.4, -0.2) is 86.1 Å². The van der Waals surface area contributed by atoms with E-state index in [1.807, 2.05) is 24.5 Å². The maximum atomic E-state index is 9.05. The van der Waals surface area contributed by atoms with Crippen LogP contribution in [0.1, 0.15) is 12.8 Å². The second kappa shape index (κ2) is 10.4. The average molecular weight is 376 g/mol. The van der Waals surface area contributed by atoms with Gasteiger partial charge in [-0.15, -0.1) is 0 Å². The van der Waals surface area contributed by atoms with Crippen molar-refractivity contribution in [1.29, 1.82) is 0 Å². The van der Waals surface area contributed by atoms with Crippen molar-refractivity contribution in [1.82, 2.24) is 20.2 Å². The van der Waals surface area contributed by atoms with Crippen LogP contribution in [0.2, 0.25) is 0 Å². The lowest BCUT2D eigenvalue weighted by Gasteiger charge is -2.37. The summed E-state index contributed by atoms with van der Waals surface area (Å²) in [5.41, 5.74) is 4.48. The Morgan fingerprint density at radius 1 is 1.04 bits per heavy atom. The van der Waals surface area contributed by atoms with Crippen LogP contribution in [0.3, 0.4) is 0 Å². The quantitative estimate of drug-likeness (QED) is 0.628. The van der Waals surface area contributed by atoms with Gasteiger partial charge in [-0.3, -0.25) is 4.90 Å². The zero-order chi connectivity index (χ0) is 18.9. The molecule has 3 rings (SSSR count). The molecule has 2 aliphatic heterocycles. The fourth-order valence-electron chi connectivity index (χ4n) is 3.70. The molecule has 2 aliphatic rings. The van der Waals surface area contributed by atoms with Gasteiger partial charge in [-0.1, -0.05) is 12.1 Å². The topological polar surface area (TPSA) is 54.5 Å². The molecule has 0 atom stereocenters. The Kier molecular flexibility index (Phi) is 7.62. The van der Waals surface area contributed by atoms with Crippen LogP contribution in [0, 0.1) is 0 Å². The lowest BCUT2D eigenvalue weighted by atomic mass is 10.2. The fourth-order valence-corrected chi connectivity index (χ4v) is 3.70. The van der Waals surface area contributed by atoms with E-state index < -0.39 is 0 Å². The minimum absolute atomic E-state index is 0.193. The summed E-state index contributed by atoms with van der Waals surface area (Å²) < 4.78 is 5.50. The summed E-state index contributed by atoms with van der Waals surface area (Å²) in [7, 11) is 1.74. The van der Waals surface area contributed by atoms with Gasteiger partial charge in [0.2, 0.25) is 0 Å². The SMILES string of the molecule is COc1ccccc1N1CCN(CCCCN2CN(CCO)C=CN2)CC1. The Bertz CT molecular complexity index is 589. The molecule has 0 aliphatic carbocycles. The second-order valence-electron chi connectivity index (χ2n) is 7.09. The number of ether oxygens (including phenoxy) is 1. The van der Waals surface area contributed by atoms with Gasteiger partial charge in [0.05, 0.1) is 26.1 Å². The van der Waals surface area contributed by atoms with Crippen molar-refractivity contribution in [3.8, 4) is 5.75 Å². The molecule has 7 heteroatoms. The zero-order valence-corrected chi connectivity index (χ0v) is 16.4. The molecule has 0 amide bonds. The number of benzene rings is 1. The van der Waals surface area contributed by atoms with E-state index in [1.165, 1.54) is 18.5 Å². The minimum Gasteiger partial charge on any atom is -0.495 e. The van der Waals surface area contributed by atoms with Crippen molar-refractivity contribution < 1.29 is 9.84 Å². The number of β-amino-alcohol motifs (C(OH)–C–C–N with tert-alkyl or cyclic N) is 1. The summed E-state index contributed by atoms with van der Waals surface area (Å²) in [6, 6.07) is 8.28. The van der Waals surface area contributed by atoms with Crippen LogP contribution in [0.15, 0.2) is 36.7 Å². The number of hydrogen-bond acceptors (Lipinski definition) is 7. The van der Waals surface area contributed by atoms with E-state index in [-0.39, 0.29) is 6.61 Å². The van der Waals surface area contributed by atoms with Crippen LogP contribution in [-0.2, 0) is 0 Å². The predicted molar refractivity (Wildman–Crippen MR) is 109 cm³/mol. The zero-order valence-electron chi connectivity index (χ0n) is 16.4. The van der Waals surface area contributed by atoms with E-state index in [0.717, 1.165) is 51.7 Å². The van der Waals surface area contributed by atoms with Gasteiger partial charge in [-0.2, -0.15) is 0 Å². The van der Waals surface area contributed by atoms with Gasteiger partial charge in [0, 0.05) is 51.7 Å². The van der Waals surface area contributed by atoms with Crippen LogP contribution in [0.4, 0.5) is 5.69 Å². The van der Waals surface area contributed by atoms with Gasteiger partial charge in [0.25, 0.3) is 0 Å². The van der Waals surface area contributed by atoms with E-state index in [0.29, 0.717) is 6.54 Å². The minimum atomic E-state index is 0.193. The molecule has 1 fully saturated rings. The van der Waals surface area contributed by atoms with Gasteiger partial charge in [0.1, 0.15) is 5.75 Å². The van der Waals surface area contributed by atoms with Crippen molar-refractivity contribution in [2.24, 2.45) is 0 Å². The number of para-hydroxylation sites is 2. The van der Waals surface area contributed by atoms with Gasteiger partial charge in [-0.05, 0) is 31.5 Å². The van der Waals surface area contributed by atoms with Gasteiger partial charge >= 0.3 is 0 Å². The van der Waals surface area contributed by atoms with E-state index >= 15 is 0 Å². The molecule has 1 aromatic carbocycles. The third-order valence-electron chi connectivity index (χ3n) is 5.23. The Morgan fingerprint density at radius 2 is 1.81 bits per heavy atom. The van der Waals surface area contributed by atoms with E-state index in [4.69, 9.17) is 9.84 Å². The van der Waals surface area contributed by atoms with Crippen LogP contribution >= 0.6 is 0 Å². The number of hydrazine groups is 1. The van der Waals surface area contributed by atoms with E-state index in [9.17, 15) is 0 Å². The molecule has 2 N–H and O–H groups in total. The number of nitrogens with zero attached hydrogens (tertiary/aromatic N) is 4. The Morgan fingerprint density at radius 3 is 2.59 bits per heavy atom. The number of hydrogen-bond donors (Lipinski definition) is 2. The lowest BCUT2D eigenvalue weighted by molar-refractivity contribution is 0.0984. The highest BCUT2D eigenvalue weighted by atomic mass is 16.5. The molecular formula is C20H33N5O2. The molecular weight excluding hydrogens is 342 g/mol. The molecule has 27 heavy (non-hydrogen) atoms. The smallest absolute Gasteiger partial charge is 0.142 e. The second-order valence-corrected chi connectivity index (χ2v) is 7.09. The summed E-state index contributed by atoms with van der Waals surface area (Å²) in [5.74, 6) is 0.962. The maximum absolute atomic E-state index is 9.05. The molecule has 0 radical (unpaired) electrons. The number of anilines is 1. The van der Waals surface area contributed by atoms with E-state index in [2.05, 4.69) is 37.3 Å². The van der Waals surface area contributed by atoms with Crippen molar-refractivity contribution in [2.75, 3.05) is 71.1 Å². The highest BCUT2D eigenvalue weighted by Crippen LogP contribution is 2.28. The Hall–Kier alpha value is -1.96. The third-order valence-corrected chi connectivity index (χ3v) is 5.23. The first-order valence-corrected chi connectivity index (χ1v) is 9.93. The molecule has 0 unspecified atom stereocenters. The first-order valence-electron chi connectivity index (χ1n) is 9.93. The monoisotopic (exact) mass is 375 g/mol. The summed E-state index contributed by atoms with van der Waals surface area (Å²) >= 11 is 0. The van der Waals surface area contributed by atoms with Gasteiger partial charge in [-0.25, -0.2) is 5.01 Å². The number of aliphatic hydroxyl groups is 1. The molecule has 2 heterocycles. The summed E-state index contributed by atoms with van der Waals surface area (Å²) in [4.78, 5) is 7.11. The third kappa shape index (κ3) is 5.76. The number of piperazine rings is 1. The molecule has 0 bridgehead atoms. The maximum Gasteiger partial charge on any atom is 0.142 e. The van der Waals surface area contributed by atoms with Crippen LogP contribution in [0.25, 0.3) is 0 Å². The first kappa shape index (κ1) is 19.8. The van der Waals surface area contributed by atoms with Crippen molar-refractivity contribution in [3.63, 3.8) is 0 Å². The number of rotatable bonds is 9. The Balaban J connectivity index is 1.33. The molecule has 150 valence electrons. The predicted octanol–water partition coefficient (Wildman–Crippen LogP) is 1.14. The largest absolute Gasteiger partial charge is 0.495 e. The summed E-state index contributed by atoms with van der Waals surface area (Å²) in [5, 5.41) is 11.3. The number of nitrogens with one attached hydrogen (secondary N) is 1. The molecule has 0 spiro atoms. The number of methoxy groups -OCH3 is 1. The van der Waals surface area contributed by atoms with E-state index in [1.54, 1.807) is 7.11 Å². The average Bonchev–Trinajstić information content (AvgIpc) is 2.72. The Labute approximate surface area is 162 Å². The number of aliphatic hydroxyl groups excluding tert-OH is 1. The fraction of sp³-hybridized carbons (Fsp3) is 0.600. The van der Waals surface area contributed by atoms with Crippen LogP contribution < -0.4 is 15.1 Å². The highest BCUT2D eigenvalue weighted by molar-refractivity contribution is 5.58.